The van der Waals surface area contributed by atoms with Crippen LogP contribution in [0.5, 0.6) is 0 Å². The first-order valence-corrected chi connectivity index (χ1v) is 7.51. The fraction of sp³-hybridized carbons (Fsp3) is 0. The molecule has 1 heterocycles. The lowest BCUT2D eigenvalue weighted by Crippen LogP contribution is -1.90. The van der Waals surface area contributed by atoms with Gasteiger partial charge in [-0.25, -0.2) is 0 Å². The molecular weight excluding hydrogens is 262 g/mol. The van der Waals surface area contributed by atoms with Gasteiger partial charge in [0.15, 0.2) is 0 Å². The van der Waals surface area contributed by atoms with Gasteiger partial charge in [-0.2, -0.15) is 0 Å². The minimum Gasteiger partial charge on any atom is -0.354 e. The molecule has 0 amide bonds. The van der Waals surface area contributed by atoms with Crippen LogP contribution in [0.2, 0.25) is 0 Å². The van der Waals surface area contributed by atoms with E-state index in [0.29, 0.717) is 0 Å². The molecule has 96 valence electrons. The maximum absolute atomic E-state index is 3.58. The molecule has 4 aromatic rings. The summed E-state index contributed by atoms with van der Waals surface area (Å²) in [4.78, 5) is 0. The maximum Gasteiger partial charge on any atom is 0.0573 e. The molecule has 20 heavy (non-hydrogen) atoms. The second-order valence-electron chi connectivity index (χ2n) is 4.80. The van der Waals surface area contributed by atoms with Crippen molar-refractivity contribution < 1.29 is 0 Å². The van der Waals surface area contributed by atoms with Crippen LogP contribution >= 0.6 is 11.3 Å². The van der Waals surface area contributed by atoms with E-state index in [9.17, 15) is 0 Å². The predicted molar refractivity (Wildman–Crippen MR) is 89.1 cm³/mol. The van der Waals surface area contributed by atoms with Gasteiger partial charge in [0.05, 0.1) is 5.69 Å². The second kappa shape index (κ2) is 4.66. The van der Waals surface area contributed by atoms with Gasteiger partial charge < -0.3 is 5.32 Å². The SMILES string of the molecule is c1ccc2c(Nc3csc4ccccc34)cccc2c1. The van der Waals surface area contributed by atoms with E-state index < -0.39 is 0 Å². The van der Waals surface area contributed by atoms with Gasteiger partial charge in [-0.1, -0.05) is 54.6 Å². The molecule has 0 unspecified atom stereocenters. The molecule has 3 aromatic carbocycles. The van der Waals surface area contributed by atoms with Crippen LogP contribution in [0.15, 0.2) is 72.1 Å². The van der Waals surface area contributed by atoms with Crippen molar-refractivity contribution in [2.75, 3.05) is 5.32 Å². The number of nitrogens with one attached hydrogen (secondary N) is 1. The second-order valence-corrected chi connectivity index (χ2v) is 5.71. The van der Waals surface area contributed by atoms with Gasteiger partial charge >= 0.3 is 0 Å². The van der Waals surface area contributed by atoms with Crippen molar-refractivity contribution in [3.8, 4) is 0 Å². The Kier molecular flexibility index (Phi) is 2.68. The first-order chi connectivity index (χ1) is 9.92. The van der Waals surface area contributed by atoms with E-state index in [1.807, 2.05) is 0 Å². The Labute approximate surface area is 121 Å². The maximum atomic E-state index is 3.58. The van der Waals surface area contributed by atoms with Gasteiger partial charge in [0.1, 0.15) is 0 Å². The normalized spacial score (nSPS) is 11.0. The smallest absolute Gasteiger partial charge is 0.0573 e. The lowest BCUT2D eigenvalue weighted by molar-refractivity contribution is 1.64. The summed E-state index contributed by atoms with van der Waals surface area (Å²) in [6.07, 6.45) is 0. The number of benzene rings is 3. The van der Waals surface area contributed by atoms with E-state index in [-0.39, 0.29) is 0 Å². The zero-order valence-corrected chi connectivity index (χ0v) is 11.7. The summed E-state index contributed by atoms with van der Waals surface area (Å²) < 4.78 is 1.32. The molecule has 0 aliphatic rings. The first-order valence-electron chi connectivity index (χ1n) is 6.63. The van der Waals surface area contributed by atoms with Gasteiger partial charge in [-0.05, 0) is 17.5 Å². The minimum absolute atomic E-state index is 1.16. The summed E-state index contributed by atoms with van der Waals surface area (Å²) >= 11 is 1.78. The molecule has 0 aliphatic carbocycles. The molecule has 1 nitrogen and oxygen atoms in total. The van der Waals surface area contributed by atoms with Gasteiger partial charge in [0.25, 0.3) is 0 Å². The van der Waals surface area contributed by atoms with Crippen molar-refractivity contribution in [3.63, 3.8) is 0 Å². The quantitative estimate of drug-likeness (QED) is 0.487. The highest BCUT2D eigenvalue weighted by Gasteiger charge is 2.05. The van der Waals surface area contributed by atoms with Crippen molar-refractivity contribution in [1.29, 1.82) is 0 Å². The highest BCUT2D eigenvalue weighted by Crippen LogP contribution is 2.34. The molecule has 0 atom stereocenters. The standard InChI is InChI=1S/C18H13NS/c1-2-8-14-13(6-1)7-5-10-16(14)19-17-12-20-18-11-4-3-9-15(17)18/h1-12,19H. The van der Waals surface area contributed by atoms with Crippen molar-refractivity contribution in [2.45, 2.75) is 0 Å². The van der Waals surface area contributed by atoms with Crippen molar-refractivity contribution in [1.82, 2.24) is 0 Å². The average Bonchev–Trinajstić information content (AvgIpc) is 2.91. The van der Waals surface area contributed by atoms with Crippen LogP contribution in [-0.4, -0.2) is 0 Å². The zero-order chi connectivity index (χ0) is 13.4. The van der Waals surface area contributed by atoms with Crippen LogP contribution in [0, 0.1) is 0 Å². The minimum atomic E-state index is 1.16. The van der Waals surface area contributed by atoms with Crippen LogP contribution < -0.4 is 5.32 Å². The Bertz CT molecular complexity index is 887. The van der Waals surface area contributed by atoms with Crippen molar-refractivity contribution >= 4 is 43.6 Å². The average molecular weight is 275 g/mol. The van der Waals surface area contributed by atoms with Crippen LogP contribution in [0.25, 0.3) is 20.9 Å². The monoisotopic (exact) mass is 275 g/mol. The largest absolute Gasteiger partial charge is 0.354 e. The molecule has 2 heteroatoms. The summed E-state index contributed by atoms with van der Waals surface area (Å²) in [5.41, 5.74) is 2.34. The third-order valence-corrected chi connectivity index (χ3v) is 4.50. The molecule has 0 saturated heterocycles. The molecule has 1 N–H and O–H groups in total. The highest BCUT2D eigenvalue weighted by atomic mass is 32.1. The van der Waals surface area contributed by atoms with E-state index in [0.717, 1.165) is 5.69 Å². The molecule has 0 saturated carbocycles. The number of hydrogen-bond acceptors (Lipinski definition) is 2. The Hall–Kier alpha value is -2.32. The van der Waals surface area contributed by atoms with E-state index in [4.69, 9.17) is 0 Å². The molecule has 0 fully saturated rings. The topological polar surface area (TPSA) is 12.0 Å². The Morgan fingerprint density at radius 2 is 1.40 bits per heavy atom. The number of anilines is 2. The van der Waals surface area contributed by atoms with E-state index >= 15 is 0 Å². The molecule has 0 spiro atoms. The van der Waals surface area contributed by atoms with Crippen LogP contribution in [0.1, 0.15) is 0 Å². The van der Waals surface area contributed by atoms with E-state index in [1.54, 1.807) is 11.3 Å². The summed E-state index contributed by atoms with van der Waals surface area (Å²) in [6.45, 7) is 0. The Morgan fingerprint density at radius 3 is 2.35 bits per heavy atom. The summed E-state index contributed by atoms with van der Waals surface area (Å²) in [7, 11) is 0. The molecule has 1 aromatic heterocycles. The molecule has 0 bridgehead atoms. The summed E-state index contributed by atoms with van der Waals surface area (Å²) in [6, 6.07) is 23.3. The Morgan fingerprint density at radius 1 is 0.650 bits per heavy atom. The van der Waals surface area contributed by atoms with Gasteiger partial charge in [-0.3, -0.25) is 0 Å². The number of fused-ring (bicyclic) bond motifs is 2. The van der Waals surface area contributed by atoms with Crippen molar-refractivity contribution in [3.05, 3.63) is 72.1 Å². The van der Waals surface area contributed by atoms with Crippen LogP contribution in [0.4, 0.5) is 11.4 Å². The highest BCUT2D eigenvalue weighted by molar-refractivity contribution is 7.17. The molecule has 0 aliphatic heterocycles. The Balaban J connectivity index is 1.85. The van der Waals surface area contributed by atoms with Crippen LogP contribution in [-0.2, 0) is 0 Å². The van der Waals surface area contributed by atoms with Gasteiger partial charge in [0.2, 0.25) is 0 Å². The lowest BCUT2D eigenvalue weighted by atomic mass is 10.1. The number of rotatable bonds is 2. The number of hydrogen-bond donors (Lipinski definition) is 1. The van der Waals surface area contributed by atoms with Gasteiger partial charge in [0, 0.05) is 26.5 Å². The zero-order valence-electron chi connectivity index (χ0n) is 10.8. The van der Waals surface area contributed by atoms with Crippen molar-refractivity contribution in [2.24, 2.45) is 0 Å². The first kappa shape index (κ1) is 11.5. The molecular formula is C18H13NS. The third-order valence-electron chi connectivity index (χ3n) is 3.54. The summed E-state index contributed by atoms with van der Waals surface area (Å²) in [5.74, 6) is 0. The van der Waals surface area contributed by atoms with Gasteiger partial charge in [-0.15, -0.1) is 11.3 Å². The molecule has 4 rings (SSSR count). The lowest BCUT2D eigenvalue weighted by Gasteiger charge is -2.09. The predicted octanol–water partition coefficient (Wildman–Crippen LogP) is 5.80. The molecule has 0 radical (unpaired) electrons. The van der Waals surface area contributed by atoms with Crippen LogP contribution in [0.3, 0.4) is 0 Å². The van der Waals surface area contributed by atoms with E-state index in [2.05, 4.69) is 77.4 Å². The summed E-state index contributed by atoms with van der Waals surface area (Å²) in [5, 5.41) is 9.57. The third kappa shape index (κ3) is 1.86. The fourth-order valence-corrected chi connectivity index (χ4v) is 3.45. The number of thiophene rings is 1. The fourth-order valence-electron chi connectivity index (χ4n) is 2.55. The van der Waals surface area contributed by atoms with E-state index in [1.165, 1.54) is 26.5 Å².